The van der Waals surface area contributed by atoms with Crippen LogP contribution in [-0.2, 0) is 5.41 Å². The number of halogens is 1. The second-order valence-electron chi connectivity index (χ2n) is 4.80. The third-order valence-corrected chi connectivity index (χ3v) is 3.92. The van der Waals surface area contributed by atoms with Crippen LogP contribution in [0.25, 0.3) is 0 Å². The molecular formula is C13H18BrN. The predicted octanol–water partition coefficient (Wildman–Crippen LogP) is 3.61. The van der Waals surface area contributed by atoms with Gasteiger partial charge in [0.15, 0.2) is 0 Å². The summed E-state index contributed by atoms with van der Waals surface area (Å²) < 4.78 is 1.16. The Morgan fingerprint density at radius 2 is 1.93 bits per heavy atom. The summed E-state index contributed by atoms with van der Waals surface area (Å²) in [6, 6.07) is 9.11. The highest BCUT2D eigenvalue weighted by molar-refractivity contribution is 9.10. The summed E-state index contributed by atoms with van der Waals surface area (Å²) in [5.74, 6) is 0. The van der Waals surface area contributed by atoms with Crippen LogP contribution >= 0.6 is 15.9 Å². The molecule has 0 bridgehead atoms. The van der Waals surface area contributed by atoms with Crippen LogP contribution in [0.1, 0.15) is 38.2 Å². The lowest BCUT2D eigenvalue weighted by atomic mass is 9.90. The molecule has 2 N–H and O–H groups in total. The zero-order valence-corrected chi connectivity index (χ0v) is 10.8. The van der Waals surface area contributed by atoms with Gasteiger partial charge in [0, 0.05) is 10.5 Å². The molecule has 1 fully saturated rings. The zero-order chi connectivity index (χ0) is 10.9. The molecule has 1 saturated carbocycles. The zero-order valence-electron chi connectivity index (χ0n) is 9.17. The maximum absolute atomic E-state index is 5.82. The van der Waals surface area contributed by atoms with E-state index in [2.05, 4.69) is 47.1 Å². The first kappa shape index (κ1) is 11.2. The molecule has 0 heterocycles. The average molecular weight is 268 g/mol. The molecule has 15 heavy (non-hydrogen) atoms. The molecule has 0 amide bonds. The van der Waals surface area contributed by atoms with E-state index in [1.165, 1.54) is 24.8 Å². The molecule has 1 aliphatic carbocycles. The van der Waals surface area contributed by atoms with E-state index in [4.69, 9.17) is 5.73 Å². The lowest BCUT2D eigenvalue weighted by Crippen LogP contribution is -2.18. The van der Waals surface area contributed by atoms with E-state index in [0.717, 1.165) is 10.9 Å². The topological polar surface area (TPSA) is 26.0 Å². The Kier molecular flexibility index (Phi) is 3.17. The summed E-state index contributed by atoms with van der Waals surface area (Å²) >= 11 is 3.47. The fourth-order valence-corrected chi connectivity index (χ4v) is 2.41. The molecule has 1 nitrogen and oxygen atoms in total. The second-order valence-corrected chi connectivity index (χ2v) is 5.72. The monoisotopic (exact) mass is 267 g/mol. The molecule has 0 unspecified atom stereocenters. The molecule has 2 rings (SSSR count). The van der Waals surface area contributed by atoms with Crippen molar-refractivity contribution >= 4 is 15.9 Å². The van der Waals surface area contributed by atoms with Gasteiger partial charge in [0.2, 0.25) is 0 Å². The van der Waals surface area contributed by atoms with Gasteiger partial charge >= 0.3 is 0 Å². The molecule has 2 heteroatoms. The van der Waals surface area contributed by atoms with Crippen molar-refractivity contribution in [2.24, 2.45) is 5.73 Å². The van der Waals surface area contributed by atoms with Gasteiger partial charge in [0.05, 0.1) is 0 Å². The maximum Gasteiger partial charge on any atom is 0.0175 e. The van der Waals surface area contributed by atoms with Gasteiger partial charge in [-0.2, -0.15) is 0 Å². The van der Waals surface area contributed by atoms with Crippen LogP contribution in [0.2, 0.25) is 0 Å². The molecule has 82 valence electrons. The molecule has 0 spiro atoms. The maximum atomic E-state index is 5.82. The quantitative estimate of drug-likeness (QED) is 0.887. The minimum absolute atomic E-state index is 0.331. The van der Waals surface area contributed by atoms with Gasteiger partial charge in [-0.1, -0.05) is 28.1 Å². The SMILES string of the molecule is C[C@H](N)CCC1(c2ccc(Br)cc2)CC1. The molecule has 0 radical (unpaired) electrons. The first-order valence-corrected chi connectivity index (χ1v) is 6.43. The first-order chi connectivity index (χ1) is 7.12. The van der Waals surface area contributed by atoms with Crippen LogP contribution in [0, 0.1) is 0 Å². The Labute approximate surface area is 100 Å². The van der Waals surface area contributed by atoms with E-state index < -0.39 is 0 Å². The van der Waals surface area contributed by atoms with Crippen molar-refractivity contribution in [1.82, 2.24) is 0 Å². The summed E-state index contributed by atoms with van der Waals surface area (Å²) in [6.07, 6.45) is 5.05. The van der Waals surface area contributed by atoms with Crippen molar-refractivity contribution in [1.29, 1.82) is 0 Å². The Hall–Kier alpha value is -0.340. The van der Waals surface area contributed by atoms with Crippen molar-refractivity contribution in [3.63, 3.8) is 0 Å². The number of rotatable bonds is 4. The minimum Gasteiger partial charge on any atom is -0.328 e. The van der Waals surface area contributed by atoms with E-state index in [1.807, 2.05) is 0 Å². The molecule has 1 atom stereocenters. The molecule has 0 saturated heterocycles. The number of benzene rings is 1. The van der Waals surface area contributed by atoms with Crippen LogP contribution in [0.5, 0.6) is 0 Å². The fourth-order valence-electron chi connectivity index (χ4n) is 2.14. The van der Waals surface area contributed by atoms with Gasteiger partial charge in [0.25, 0.3) is 0 Å². The largest absolute Gasteiger partial charge is 0.328 e. The summed E-state index contributed by atoms with van der Waals surface area (Å²) in [7, 11) is 0. The van der Waals surface area contributed by atoms with Gasteiger partial charge in [-0.15, -0.1) is 0 Å². The third-order valence-electron chi connectivity index (χ3n) is 3.39. The summed E-state index contributed by atoms with van der Waals surface area (Å²) in [6.45, 7) is 2.09. The normalized spacial score (nSPS) is 19.9. The Bertz CT molecular complexity index is 325. The van der Waals surface area contributed by atoms with E-state index in [9.17, 15) is 0 Å². The molecule has 0 aromatic heterocycles. The van der Waals surface area contributed by atoms with Crippen LogP contribution in [0.4, 0.5) is 0 Å². The highest BCUT2D eigenvalue weighted by Gasteiger charge is 2.43. The lowest BCUT2D eigenvalue weighted by Gasteiger charge is -2.17. The molecule has 0 aliphatic heterocycles. The Morgan fingerprint density at radius 3 is 2.40 bits per heavy atom. The third kappa shape index (κ3) is 2.61. The van der Waals surface area contributed by atoms with Crippen molar-refractivity contribution in [3.05, 3.63) is 34.3 Å². The first-order valence-electron chi connectivity index (χ1n) is 5.64. The fraction of sp³-hybridized carbons (Fsp3) is 0.538. The van der Waals surface area contributed by atoms with Gasteiger partial charge in [0.1, 0.15) is 0 Å². The summed E-state index contributed by atoms with van der Waals surface area (Å²) in [5, 5.41) is 0. The second kappa shape index (κ2) is 4.26. The van der Waals surface area contributed by atoms with E-state index >= 15 is 0 Å². The van der Waals surface area contributed by atoms with E-state index in [1.54, 1.807) is 0 Å². The molecular weight excluding hydrogens is 250 g/mol. The van der Waals surface area contributed by atoms with E-state index in [-0.39, 0.29) is 0 Å². The summed E-state index contributed by atoms with van der Waals surface area (Å²) in [5.41, 5.74) is 7.78. The standard InChI is InChI=1S/C13H18BrN/c1-10(15)6-7-13(8-9-13)11-2-4-12(14)5-3-11/h2-5,10H,6-9,15H2,1H3/t10-/m0/s1. The lowest BCUT2D eigenvalue weighted by molar-refractivity contribution is 0.533. The van der Waals surface area contributed by atoms with Crippen molar-refractivity contribution in [2.75, 3.05) is 0 Å². The smallest absolute Gasteiger partial charge is 0.0175 e. The molecule has 1 aromatic rings. The highest BCUT2D eigenvalue weighted by Crippen LogP contribution is 2.51. The Balaban J connectivity index is 2.06. The van der Waals surface area contributed by atoms with Crippen molar-refractivity contribution in [3.8, 4) is 0 Å². The van der Waals surface area contributed by atoms with E-state index in [0.29, 0.717) is 11.5 Å². The van der Waals surface area contributed by atoms with Crippen LogP contribution in [0.15, 0.2) is 28.7 Å². The molecule has 1 aliphatic rings. The summed E-state index contributed by atoms with van der Waals surface area (Å²) in [4.78, 5) is 0. The van der Waals surface area contributed by atoms with Gasteiger partial charge < -0.3 is 5.73 Å². The van der Waals surface area contributed by atoms with Crippen molar-refractivity contribution in [2.45, 2.75) is 44.1 Å². The van der Waals surface area contributed by atoms with Gasteiger partial charge in [-0.05, 0) is 55.7 Å². The van der Waals surface area contributed by atoms with Gasteiger partial charge in [-0.3, -0.25) is 0 Å². The van der Waals surface area contributed by atoms with Crippen LogP contribution < -0.4 is 5.73 Å². The number of hydrogen-bond donors (Lipinski definition) is 1. The van der Waals surface area contributed by atoms with Gasteiger partial charge in [-0.25, -0.2) is 0 Å². The van der Waals surface area contributed by atoms with Crippen LogP contribution in [0.3, 0.4) is 0 Å². The number of nitrogens with two attached hydrogens (primary N) is 1. The number of hydrogen-bond acceptors (Lipinski definition) is 1. The highest BCUT2D eigenvalue weighted by atomic mass is 79.9. The predicted molar refractivity (Wildman–Crippen MR) is 67.9 cm³/mol. The van der Waals surface area contributed by atoms with Crippen molar-refractivity contribution < 1.29 is 0 Å². The molecule has 1 aromatic carbocycles. The average Bonchev–Trinajstić information content (AvgIpc) is 2.97. The minimum atomic E-state index is 0.331. The Morgan fingerprint density at radius 1 is 1.33 bits per heavy atom. The van der Waals surface area contributed by atoms with Crippen LogP contribution in [-0.4, -0.2) is 6.04 Å².